The molecule has 2 aromatic rings. The first-order valence-electron chi connectivity index (χ1n) is 10.9. The molecule has 0 aromatic heterocycles. The van der Waals surface area contributed by atoms with E-state index in [2.05, 4.69) is 4.72 Å². The first-order chi connectivity index (χ1) is 15.6. The Bertz CT molecular complexity index is 1050. The molecule has 0 bridgehead atoms. The van der Waals surface area contributed by atoms with Crippen molar-refractivity contribution in [3.05, 3.63) is 57.9 Å². The summed E-state index contributed by atoms with van der Waals surface area (Å²) in [5.41, 5.74) is 1.24. The van der Waals surface area contributed by atoms with Crippen LogP contribution in [0.4, 0.5) is 17.6 Å². The molecular weight excluding hydrogens is 470 g/mol. The Morgan fingerprint density at radius 2 is 1.71 bits per heavy atom. The van der Waals surface area contributed by atoms with Gasteiger partial charge >= 0.3 is 12.1 Å². The molecule has 0 radical (unpaired) electrons. The quantitative estimate of drug-likeness (QED) is 0.268. The maximum Gasteiger partial charge on any atom is 0.419 e. The Balaban J connectivity index is 2.80. The van der Waals surface area contributed by atoms with E-state index < -0.39 is 57.7 Å². The molecule has 0 spiro atoms. The summed E-state index contributed by atoms with van der Waals surface area (Å²) in [5.74, 6) is -2.25. The monoisotopic (exact) mass is 501 g/mol. The molecular formula is C25H31F4NO3S. The molecule has 4 nitrogen and oxygen atoms in total. The second kappa shape index (κ2) is 10.7. The van der Waals surface area contributed by atoms with Gasteiger partial charge in [-0.1, -0.05) is 12.1 Å². The fourth-order valence-corrected chi connectivity index (χ4v) is 4.38. The van der Waals surface area contributed by atoms with Crippen molar-refractivity contribution in [2.75, 3.05) is 6.61 Å². The van der Waals surface area contributed by atoms with Crippen LogP contribution in [-0.4, -0.2) is 21.9 Å². The number of halogens is 4. The maximum atomic E-state index is 15.4. The summed E-state index contributed by atoms with van der Waals surface area (Å²) in [6.45, 7) is 12.0. The number of carbonyl (C=O) groups excluding carboxylic acids is 1. The van der Waals surface area contributed by atoms with E-state index in [1.54, 1.807) is 47.6 Å². The molecule has 0 amide bonds. The Labute approximate surface area is 201 Å². The molecule has 0 unspecified atom stereocenters. The van der Waals surface area contributed by atoms with Crippen LogP contribution in [0.25, 0.3) is 11.1 Å². The van der Waals surface area contributed by atoms with Gasteiger partial charge in [-0.05, 0) is 88.4 Å². The van der Waals surface area contributed by atoms with E-state index in [0.717, 1.165) is 22.8 Å². The predicted octanol–water partition coefficient (Wildman–Crippen LogP) is 6.48. The summed E-state index contributed by atoms with van der Waals surface area (Å²) in [7, 11) is 0. The number of hydrogen-bond donors (Lipinski definition) is 1. The summed E-state index contributed by atoms with van der Waals surface area (Å²) in [6.07, 6.45) is -5.46. The van der Waals surface area contributed by atoms with E-state index in [1.165, 1.54) is 6.07 Å². The highest BCUT2D eigenvalue weighted by molar-refractivity contribution is 7.90. The number of rotatable bonds is 7. The smallest absolute Gasteiger partial charge is 0.419 e. The van der Waals surface area contributed by atoms with E-state index in [-0.39, 0.29) is 12.2 Å². The van der Waals surface area contributed by atoms with Gasteiger partial charge in [0, 0.05) is 16.9 Å². The molecule has 1 N–H and O–H groups in total. The van der Waals surface area contributed by atoms with Crippen LogP contribution in [-0.2, 0) is 27.1 Å². The highest BCUT2D eigenvalue weighted by Gasteiger charge is 2.39. The van der Waals surface area contributed by atoms with Crippen molar-refractivity contribution in [1.29, 1.82) is 0 Å². The molecule has 34 heavy (non-hydrogen) atoms. The second-order valence-corrected chi connectivity index (χ2v) is 11.2. The largest absolute Gasteiger partial charge is 0.598 e. The standard InChI is InChI=1S/C25H31F4NO3S/c1-8-33-21(31)13-20(30-34(32)24(5,6)7)18-11-17(12-19(23(18)26)25(27,28)29)22-15(3)10-9-14(2)16(22)4/h9-12,20,30H,8,13H2,1-7H3/t20-,34+/m0/s1. The number of ether oxygens (including phenoxy) is 1. The number of hydrogen-bond acceptors (Lipinski definition) is 4. The molecule has 0 saturated heterocycles. The van der Waals surface area contributed by atoms with Crippen molar-refractivity contribution in [3.63, 3.8) is 0 Å². The molecule has 188 valence electrons. The summed E-state index contributed by atoms with van der Waals surface area (Å²) < 4.78 is 76.6. The number of esters is 1. The lowest BCUT2D eigenvalue weighted by Gasteiger charge is -2.29. The van der Waals surface area contributed by atoms with Crippen LogP contribution in [0.1, 0.15) is 68.0 Å². The summed E-state index contributed by atoms with van der Waals surface area (Å²) >= 11 is -1.79. The Morgan fingerprint density at radius 1 is 1.12 bits per heavy atom. The lowest BCUT2D eigenvalue weighted by Crippen LogP contribution is -2.42. The van der Waals surface area contributed by atoms with E-state index in [1.807, 2.05) is 13.0 Å². The molecule has 0 aliphatic heterocycles. The first kappa shape index (κ1) is 28.1. The third-order valence-corrected chi connectivity index (χ3v) is 7.11. The number of aryl methyl sites for hydroxylation is 2. The van der Waals surface area contributed by atoms with Gasteiger partial charge in [0.05, 0.1) is 24.6 Å². The van der Waals surface area contributed by atoms with E-state index in [0.29, 0.717) is 5.56 Å². The number of alkyl halides is 3. The van der Waals surface area contributed by atoms with Crippen LogP contribution in [0.3, 0.4) is 0 Å². The molecule has 0 fully saturated rings. The fourth-order valence-electron chi connectivity index (χ4n) is 3.55. The van der Waals surface area contributed by atoms with Crippen LogP contribution >= 0.6 is 0 Å². The molecule has 2 atom stereocenters. The van der Waals surface area contributed by atoms with Crippen molar-refractivity contribution in [2.45, 2.75) is 71.9 Å². The lowest BCUT2D eigenvalue weighted by molar-refractivity contribution is -0.143. The third-order valence-electron chi connectivity index (χ3n) is 5.50. The van der Waals surface area contributed by atoms with Gasteiger partial charge in [-0.15, -0.1) is 4.72 Å². The van der Waals surface area contributed by atoms with Gasteiger partial charge in [0.25, 0.3) is 0 Å². The molecule has 0 heterocycles. The van der Waals surface area contributed by atoms with Gasteiger partial charge in [-0.25, -0.2) is 4.39 Å². The van der Waals surface area contributed by atoms with Crippen LogP contribution in [0, 0.1) is 26.6 Å². The van der Waals surface area contributed by atoms with Crippen LogP contribution in [0.15, 0.2) is 24.3 Å². The minimum atomic E-state index is -4.97. The maximum absolute atomic E-state index is 15.4. The summed E-state index contributed by atoms with van der Waals surface area (Å²) in [6, 6.07) is 4.44. The van der Waals surface area contributed by atoms with Crippen LogP contribution in [0.2, 0.25) is 0 Å². The Morgan fingerprint density at radius 3 is 2.24 bits per heavy atom. The van der Waals surface area contributed by atoms with Crippen molar-refractivity contribution in [2.24, 2.45) is 0 Å². The van der Waals surface area contributed by atoms with E-state index in [9.17, 15) is 22.5 Å². The Kier molecular flexibility index (Phi) is 8.82. The molecule has 0 saturated carbocycles. The van der Waals surface area contributed by atoms with Crippen LogP contribution in [0.5, 0.6) is 0 Å². The topological polar surface area (TPSA) is 61.4 Å². The van der Waals surface area contributed by atoms with Gasteiger partial charge < -0.3 is 9.29 Å². The second-order valence-electron chi connectivity index (χ2n) is 9.18. The van der Waals surface area contributed by atoms with E-state index >= 15 is 4.39 Å². The zero-order valence-corrected chi connectivity index (χ0v) is 21.3. The molecule has 2 aromatic carbocycles. The first-order valence-corrected chi connectivity index (χ1v) is 12.0. The predicted molar refractivity (Wildman–Crippen MR) is 126 cm³/mol. The number of benzene rings is 2. The third kappa shape index (κ3) is 6.52. The SMILES string of the molecule is CCOC(=O)C[C@H](N[S@+]([O-])C(C)(C)C)c1cc(-c2c(C)ccc(C)c2C)cc(C(F)(F)F)c1F. The van der Waals surface area contributed by atoms with Gasteiger partial charge in [0.15, 0.2) is 0 Å². The number of carbonyl (C=O) groups is 1. The van der Waals surface area contributed by atoms with Crippen molar-refractivity contribution < 1.29 is 31.6 Å². The zero-order valence-electron chi connectivity index (χ0n) is 20.4. The summed E-state index contributed by atoms with van der Waals surface area (Å²) in [5, 5.41) is 0. The fraction of sp³-hybridized carbons (Fsp3) is 0.480. The lowest BCUT2D eigenvalue weighted by atomic mass is 9.89. The van der Waals surface area contributed by atoms with Crippen molar-refractivity contribution in [1.82, 2.24) is 4.72 Å². The number of nitrogens with one attached hydrogen (secondary N) is 1. The minimum Gasteiger partial charge on any atom is -0.598 e. The molecule has 2 rings (SSSR count). The van der Waals surface area contributed by atoms with Crippen molar-refractivity contribution in [3.8, 4) is 11.1 Å². The molecule has 0 aliphatic rings. The van der Waals surface area contributed by atoms with Crippen molar-refractivity contribution >= 4 is 17.3 Å². The average Bonchev–Trinajstić information content (AvgIpc) is 2.70. The molecule has 0 aliphatic carbocycles. The summed E-state index contributed by atoms with van der Waals surface area (Å²) in [4.78, 5) is 12.3. The van der Waals surface area contributed by atoms with Gasteiger partial charge in [0.2, 0.25) is 0 Å². The van der Waals surface area contributed by atoms with Gasteiger partial charge in [-0.3, -0.25) is 4.79 Å². The minimum absolute atomic E-state index is 0.0475. The zero-order chi connectivity index (χ0) is 26.0. The highest BCUT2D eigenvalue weighted by atomic mass is 32.2. The van der Waals surface area contributed by atoms with Gasteiger partial charge in [-0.2, -0.15) is 13.2 Å². The average molecular weight is 502 g/mol. The normalized spacial score (nSPS) is 14.1. The molecule has 9 heteroatoms. The highest BCUT2D eigenvalue weighted by Crippen LogP contribution is 2.40. The Hall–Kier alpha value is -2.10. The van der Waals surface area contributed by atoms with Gasteiger partial charge in [0.1, 0.15) is 10.6 Å². The van der Waals surface area contributed by atoms with E-state index in [4.69, 9.17) is 4.74 Å². The van der Waals surface area contributed by atoms with Crippen LogP contribution < -0.4 is 4.72 Å².